The Morgan fingerprint density at radius 2 is 1.83 bits per heavy atom. The van der Waals surface area contributed by atoms with Crippen LogP contribution in [0.5, 0.6) is 0 Å². The van der Waals surface area contributed by atoms with E-state index in [9.17, 15) is 9.59 Å². The molecule has 0 bridgehead atoms. The summed E-state index contributed by atoms with van der Waals surface area (Å²) in [7, 11) is 0. The van der Waals surface area contributed by atoms with Gasteiger partial charge in [0.15, 0.2) is 0 Å². The van der Waals surface area contributed by atoms with Crippen molar-refractivity contribution in [3.05, 3.63) is 75.8 Å². The van der Waals surface area contributed by atoms with E-state index in [2.05, 4.69) is 10.4 Å². The summed E-state index contributed by atoms with van der Waals surface area (Å²) >= 11 is 0. The summed E-state index contributed by atoms with van der Waals surface area (Å²) in [4.78, 5) is 26.3. The van der Waals surface area contributed by atoms with Crippen molar-refractivity contribution < 1.29 is 4.79 Å². The van der Waals surface area contributed by atoms with Crippen LogP contribution in [0.4, 0.5) is 5.69 Å². The summed E-state index contributed by atoms with van der Waals surface area (Å²) in [5, 5.41) is 8.44. The van der Waals surface area contributed by atoms with Gasteiger partial charge in [-0.3, -0.25) is 14.0 Å². The third kappa shape index (κ3) is 3.20. The zero-order valence-corrected chi connectivity index (χ0v) is 17.1. The highest BCUT2D eigenvalue weighted by Gasteiger charge is 2.24. The van der Waals surface area contributed by atoms with Crippen LogP contribution in [0, 0.1) is 20.8 Å². The van der Waals surface area contributed by atoms with Crippen molar-refractivity contribution in [1.82, 2.24) is 14.2 Å². The number of aromatic nitrogens is 3. The monoisotopic (exact) mass is 388 g/mol. The Balaban J connectivity index is 1.82. The van der Waals surface area contributed by atoms with E-state index in [4.69, 9.17) is 0 Å². The molecular formula is C23H24N4O2. The van der Waals surface area contributed by atoms with Gasteiger partial charge in [0.05, 0.1) is 5.52 Å². The van der Waals surface area contributed by atoms with Crippen molar-refractivity contribution in [2.24, 2.45) is 0 Å². The lowest BCUT2D eigenvalue weighted by atomic mass is 10.1. The van der Waals surface area contributed by atoms with Crippen LogP contribution in [0.15, 0.2) is 53.3 Å². The standard InChI is InChI=1S/C23H24N4O2/c1-5-19(22(28)24-18-9-7-6-8-15(18)3)27-23(29)21-13-17-12-14(2)10-11-20(17)26(21)16(4)25-27/h6-13,19H,5H2,1-4H3,(H,24,28)/t19-/m0/s1. The van der Waals surface area contributed by atoms with Gasteiger partial charge in [0.1, 0.15) is 17.4 Å². The van der Waals surface area contributed by atoms with E-state index >= 15 is 0 Å². The fraction of sp³-hybridized carbons (Fsp3) is 0.261. The molecule has 2 heterocycles. The van der Waals surface area contributed by atoms with Gasteiger partial charge in [-0.1, -0.05) is 36.8 Å². The minimum Gasteiger partial charge on any atom is -0.324 e. The topological polar surface area (TPSA) is 68.4 Å². The van der Waals surface area contributed by atoms with Gasteiger partial charge in [0.25, 0.3) is 5.56 Å². The Kier molecular flexibility index (Phi) is 4.70. The van der Waals surface area contributed by atoms with Gasteiger partial charge in [-0.2, -0.15) is 5.10 Å². The van der Waals surface area contributed by atoms with E-state index in [1.54, 1.807) is 0 Å². The van der Waals surface area contributed by atoms with Crippen molar-refractivity contribution in [3.63, 3.8) is 0 Å². The van der Waals surface area contributed by atoms with Crippen LogP contribution in [0.3, 0.4) is 0 Å². The molecule has 4 rings (SSSR count). The van der Waals surface area contributed by atoms with Crippen LogP contribution in [0.1, 0.15) is 36.3 Å². The number of fused-ring (bicyclic) bond motifs is 3. The predicted octanol–water partition coefficient (Wildman–Crippen LogP) is 4.16. The molecule has 0 fully saturated rings. The van der Waals surface area contributed by atoms with Crippen LogP contribution >= 0.6 is 0 Å². The zero-order valence-electron chi connectivity index (χ0n) is 17.1. The number of nitrogens with zero attached hydrogens (tertiary/aromatic N) is 3. The van der Waals surface area contributed by atoms with E-state index in [0.29, 0.717) is 17.8 Å². The Labute approximate surface area is 168 Å². The number of hydrogen-bond donors (Lipinski definition) is 1. The Bertz CT molecular complexity index is 1300. The van der Waals surface area contributed by atoms with Gasteiger partial charge >= 0.3 is 0 Å². The van der Waals surface area contributed by atoms with E-state index in [1.807, 2.05) is 80.6 Å². The molecule has 148 valence electrons. The lowest BCUT2D eigenvalue weighted by molar-refractivity contribution is -0.119. The minimum absolute atomic E-state index is 0.243. The molecule has 1 N–H and O–H groups in total. The number of carbonyl (C=O) groups is 1. The van der Waals surface area contributed by atoms with Gasteiger partial charge in [-0.05, 0) is 57.0 Å². The fourth-order valence-electron chi connectivity index (χ4n) is 3.81. The molecule has 1 amide bonds. The molecule has 0 saturated carbocycles. The van der Waals surface area contributed by atoms with Crippen LogP contribution in [-0.4, -0.2) is 20.1 Å². The predicted molar refractivity (Wildman–Crippen MR) is 116 cm³/mol. The largest absolute Gasteiger partial charge is 0.324 e. The smallest absolute Gasteiger partial charge is 0.291 e. The van der Waals surface area contributed by atoms with Crippen molar-refractivity contribution in [2.75, 3.05) is 5.32 Å². The first-order valence-electron chi connectivity index (χ1n) is 9.78. The normalized spacial score (nSPS) is 12.4. The maximum absolute atomic E-state index is 13.3. The van der Waals surface area contributed by atoms with Gasteiger partial charge in [-0.25, -0.2) is 4.68 Å². The molecule has 0 aliphatic heterocycles. The summed E-state index contributed by atoms with van der Waals surface area (Å²) in [6.45, 7) is 7.70. The summed E-state index contributed by atoms with van der Waals surface area (Å²) < 4.78 is 3.18. The number of aryl methyl sites for hydroxylation is 3. The first kappa shape index (κ1) is 18.9. The molecule has 6 heteroatoms. The van der Waals surface area contributed by atoms with E-state index < -0.39 is 6.04 Å². The molecule has 2 aromatic heterocycles. The average molecular weight is 388 g/mol. The first-order chi connectivity index (χ1) is 13.9. The second-order valence-electron chi connectivity index (χ2n) is 7.45. The number of para-hydroxylation sites is 1. The molecule has 2 aromatic carbocycles. The Morgan fingerprint density at radius 1 is 1.07 bits per heavy atom. The summed E-state index contributed by atoms with van der Waals surface area (Å²) in [5.41, 5.74) is 4.04. The average Bonchev–Trinajstić information content (AvgIpc) is 3.07. The fourth-order valence-corrected chi connectivity index (χ4v) is 3.81. The molecule has 4 aromatic rings. The lowest BCUT2D eigenvalue weighted by Crippen LogP contribution is -2.36. The van der Waals surface area contributed by atoms with E-state index in [-0.39, 0.29) is 11.5 Å². The Hall–Kier alpha value is -3.41. The second-order valence-corrected chi connectivity index (χ2v) is 7.45. The van der Waals surface area contributed by atoms with Gasteiger partial charge < -0.3 is 5.32 Å². The highest BCUT2D eigenvalue weighted by atomic mass is 16.2. The lowest BCUT2D eigenvalue weighted by Gasteiger charge is -2.18. The number of rotatable bonds is 4. The summed E-state index contributed by atoms with van der Waals surface area (Å²) in [6.07, 6.45) is 0.458. The third-order valence-corrected chi connectivity index (χ3v) is 5.35. The highest BCUT2D eigenvalue weighted by Crippen LogP contribution is 2.22. The van der Waals surface area contributed by atoms with E-state index in [0.717, 1.165) is 27.7 Å². The number of nitrogens with one attached hydrogen (secondary N) is 1. The number of carbonyl (C=O) groups excluding carboxylic acids is 1. The summed E-state index contributed by atoms with van der Waals surface area (Å²) in [6, 6.07) is 14.8. The van der Waals surface area contributed by atoms with Gasteiger partial charge in [0, 0.05) is 11.1 Å². The molecule has 0 spiro atoms. The first-order valence-corrected chi connectivity index (χ1v) is 9.78. The van der Waals surface area contributed by atoms with Gasteiger partial charge in [-0.15, -0.1) is 0 Å². The van der Waals surface area contributed by atoms with Crippen molar-refractivity contribution in [1.29, 1.82) is 0 Å². The van der Waals surface area contributed by atoms with Crippen molar-refractivity contribution >= 4 is 28.0 Å². The number of amides is 1. The van der Waals surface area contributed by atoms with Crippen LogP contribution in [0.25, 0.3) is 16.4 Å². The minimum atomic E-state index is -0.689. The SMILES string of the molecule is CC[C@@H](C(=O)Nc1ccccc1C)n1nc(C)n2c(cc3cc(C)ccc32)c1=O. The molecule has 1 atom stereocenters. The molecule has 0 aliphatic rings. The molecule has 0 unspecified atom stereocenters. The third-order valence-electron chi connectivity index (χ3n) is 5.35. The molecule has 0 aliphatic carbocycles. The molecule has 0 radical (unpaired) electrons. The van der Waals surface area contributed by atoms with Crippen LogP contribution < -0.4 is 10.9 Å². The molecule has 29 heavy (non-hydrogen) atoms. The van der Waals surface area contributed by atoms with Crippen molar-refractivity contribution in [3.8, 4) is 0 Å². The van der Waals surface area contributed by atoms with Crippen LogP contribution in [-0.2, 0) is 4.79 Å². The second kappa shape index (κ2) is 7.20. The summed E-state index contributed by atoms with van der Waals surface area (Å²) in [5.74, 6) is 0.424. The maximum Gasteiger partial charge on any atom is 0.291 e. The van der Waals surface area contributed by atoms with Crippen molar-refractivity contribution in [2.45, 2.75) is 40.2 Å². The molecule has 0 saturated heterocycles. The number of anilines is 1. The number of hydrogen-bond acceptors (Lipinski definition) is 3. The zero-order chi connectivity index (χ0) is 20.7. The van der Waals surface area contributed by atoms with Gasteiger partial charge in [0.2, 0.25) is 5.91 Å². The molecule has 6 nitrogen and oxygen atoms in total. The quantitative estimate of drug-likeness (QED) is 0.571. The van der Waals surface area contributed by atoms with E-state index in [1.165, 1.54) is 4.68 Å². The maximum atomic E-state index is 13.3. The highest BCUT2D eigenvalue weighted by molar-refractivity contribution is 5.94. The number of benzene rings is 2. The Morgan fingerprint density at radius 3 is 2.55 bits per heavy atom. The molecular weight excluding hydrogens is 364 g/mol. The van der Waals surface area contributed by atoms with Crippen LogP contribution in [0.2, 0.25) is 0 Å².